The standard InChI is InChI=1S/C12H22BrNO/c1-8(2)11(13)12(15)14-10-7-5-4-6-9(10)3/h8-11H,4-7H2,1-3H3,(H,14,15)/t9-,10+,11-/m1/s1. The molecule has 1 amide bonds. The third-order valence-electron chi connectivity index (χ3n) is 3.27. The molecule has 3 heteroatoms. The zero-order chi connectivity index (χ0) is 11.4. The molecule has 0 aromatic rings. The molecule has 0 spiro atoms. The summed E-state index contributed by atoms with van der Waals surface area (Å²) in [6, 6.07) is 0.394. The molecule has 0 heterocycles. The minimum Gasteiger partial charge on any atom is -0.352 e. The highest BCUT2D eigenvalue weighted by atomic mass is 79.9. The number of hydrogen-bond acceptors (Lipinski definition) is 1. The van der Waals surface area contributed by atoms with Gasteiger partial charge < -0.3 is 5.32 Å². The first-order valence-electron chi connectivity index (χ1n) is 5.96. The third kappa shape index (κ3) is 3.78. The maximum absolute atomic E-state index is 11.8. The van der Waals surface area contributed by atoms with Crippen molar-refractivity contribution in [1.82, 2.24) is 5.32 Å². The molecule has 0 unspecified atom stereocenters. The first-order valence-corrected chi connectivity index (χ1v) is 6.88. The van der Waals surface area contributed by atoms with Gasteiger partial charge in [0.05, 0.1) is 4.83 Å². The summed E-state index contributed by atoms with van der Waals surface area (Å²) in [4.78, 5) is 11.8. The van der Waals surface area contributed by atoms with Crippen LogP contribution in [0.2, 0.25) is 0 Å². The number of nitrogens with one attached hydrogen (secondary N) is 1. The lowest BCUT2D eigenvalue weighted by molar-refractivity contribution is -0.122. The summed E-state index contributed by atoms with van der Waals surface area (Å²) in [5.74, 6) is 1.14. The predicted molar refractivity (Wildman–Crippen MR) is 67.1 cm³/mol. The lowest BCUT2D eigenvalue weighted by Gasteiger charge is -2.30. The van der Waals surface area contributed by atoms with E-state index in [-0.39, 0.29) is 10.7 Å². The molecule has 3 atom stereocenters. The van der Waals surface area contributed by atoms with Crippen molar-refractivity contribution in [1.29, 1.82) is 0 Å². The maximum Gasteiger partial charge on any atom is 0.234 e. The van der Waals surface area contributed by atoms with E-state index >= 15 is 0 Å². The van der Waals surface area contributed by atoms with Crippen molar-refractivity contribution in [3.63, 3.8) is 0 Å². The summed E-state index contributed by atoms with van der Waals surface area (Å²) < 4.78 is 0. The number of hydrogen-bond donors (Lipinski definition) is 1. The van der Waals surface area contributed by atoms with Gasteiger partial charge in [-0.3, -0.25) is 4.79 Å². The number of alkyl halides is 1. The highest BCUT2D eigenvalue weighted by molar-refractivity contribution is 9.10. The lowest BCUT2D eigenvalue weighted by atomic mass is 9.86. The Hall–Kier alpha value is -0.0500. The maximum atomic E-state index is 11.8. The van der Waals surface area contributed by atoms with Crippen LogP contribution in [-0.4, -0.2) is 16.8 Å². The van der Waals surface area contributed by atoms with E-state index in [0.717, 1.165) is 6.42 Å². The van der Waals surface area contributed by atoms with Crippen molar-refractivity contribution in [2.75, 3.05) is 0 Å². The van der Waals surface area contributed by atoms with Crippen LogP contribution >= 0.6 is 15.9 Å². The predicted octanol–water partition coefficient (Wildman–Crippen LogP) is 3.10. The summed E-state index contributed by atoms with van der Waals surface area (Å²) >= 11 is 3.44. The van der Waals surface area contributed by atoms with Crippen molar-refractivity contribution < 1.29 is 4.79 Å². The van der Waals surface area contributed by atoms with Gasteiger partial charge in [-0.15, -0.1) is 0 Å². The van der Waals surface area contributed by atoms with Gasteiger partial charge >= 0.3 is 0 Å². The van der Waals surface area contributed by atoms with Gasteiger partial charge in [-0.05, 0) is 24.7 Å². The highest BCUT2D eigenvalue weighted by Crippen LogP contribution is 2.24. The van der Waals surface area contributed by atoms with E-state index in [2.05, 4.69) is 42.0 Å². The molecule has 1 fully saturated rings. The molecular formula is C12H22BrNO. The molecule has 1 aliphatic carbocycles. The monoisotopic (exact) mass is 275 g/mol. The average molecular weight is 276 g/mol. The van der Waals surface area contributed by atoms with Gasteiger partial charge in [-0.2, -0.15) is 0 Å². The van der Waals surface area contributed by atoms with Crippen LogP contribution in [0.25, 0.3) is 0 Å². The van der Waals surface area contributed by atoms with Crippen LogP contribution in [0.3, 0.4) is 0 Å². The Morgan fingerprint density at radius 1 is 1.33 bits per heavy atom. The SMILES string of the molecule is CC(C)[C@@H](Br)C(=O)N[C@H]1CCCC[C@H]1C. The van der Waals surface area contributed by atoms with Crippen LogP contribution in [0.4, 0.5) is 0 Å². The zero-order valence-corrected chi connectivity index (χ0v) is 11.5. The molecule has 0 bridgehead atoms. The molecule has 1 aliphatic rings. The number of halogens is 1. The van der Waals surface area contributed by atoms with Crippen molar-refractivity contribution in [2.45, 2.75) is 57.3 Å². The van der Waals surface area contributed by atoms with Gasteiger partial charge in [-0.25, -0.2) is 0 Å². The van der Waals surface area contributed by atoms with E-state index in [0.29, 0.717) is 17.9 Å². The first kappa shape index (κ1) is 13.0. The quantitative estimate of drug-likeness (QED) is 0.788. The van der Waals surface area contributed by atoms with Crippen molar-refractivity contribution >= 4 is 21.8 Å². The number of rotatable bonds is 3. The van der Waals surface area contributed by atoms with Gasteiger partial charge in [0.2, 0.25) is 5.91 Å². The van der Waals surface area contributed by atoms with E-state index in [1.807, 2.05) is 0 Å². The van der Waals surface area contributed by atoms with Crippen LogP contribution in [0.15, 0.2) is 0 Å². The van der Waals surface area contributed by atoms with Crippen molar-refractivity contribution in [3.8, 4) is 0 Å². The van der Waals surface area contributed by atoms with Crippen molar-refractivity contribution in [3.05, 3.63) is 0 Å². The van der Waals surface area contributed by atoms with Gasteiger partial charge in [0, 0.05) is 6.04 Å². The summed E-state index contributed by atoms with van der Waals surface area (Å²) in [5, 5.41) is 3.16. The fraction of sp³-hybridized carbons (Fsp3) is 0.917. The Labute approximate surface area is 101 Å². The second-order valence-electron chi connectivity index (χ2n) is 5.02. The van der Waals surface area contributed by atoms with Gasteiger partial charge in [-0.1, -0.05) is 49.5 Å². The second kappa shape index (κ2) is 5.88. The molecule has 0 radical (unpaired) electrons. The van der Waals surface area contributed by atoms with E-state index in [1.54, 1.807) is 0 Å². The first-order chi connectivity index (χ1) is 7.02. The smallest absolute Gasteiger partial charge is 0.234 e. The second-order valence-corrected chi connectivity index (χ2v) is 6.01. The Kier molecular flexibility index (Phi) is 5.10. The fourth-order valence-corrected chi connectivity index (χ4v) is 2.23. The molecule has 0 aliphatic heterocycles. The summed E-state index contributed by atoms with van der Waals surface area (Å²) in [7, 11) is 0. The van der Waals surface area contributed by atoms with E-state index in [1.165, 1.54) is 19.3 Å². The van der Waals surface area contributed by atoms with Crippen LogP contribution in [0.5, 0.6) is 0 Å². The molecular weight excluding hydrogens is 254 g/mol. The van der Waals surface area contributed by atoms with Crippen LogP contribution in [0.1, 0.15) is 46.5 Å². The van der Waals surface area contributed by atoms with Gasteiger partial charge in [0.25, 0.3) is 0 Å². The van der Waals surface area contributed by atoms with Crippen LogP contribution < -0.4 is 5.32 Å². The summed E-state index contributed by atoms with van der Waals surface area (Å²) in [6.45, 7) is 6.36. The number of carbonyl (C=O) groups excluding carboxylic acids is 1. The Morgan fingerprint density at radius 3 is 2.47 bits per heavy atom. The van der Waals surface area contributed by atoms with Crippen molar-refractivity contribution in [2.24, 2.45) is 11.8 Å². The molecule has 0 aromatic heterocycles. The average Bonchev–Trinajstić information content (AvgIpc) is 2.20. The molecule has 0 aromatic carbocycles. The topological polar surface area (TPSA) is 29.1 Å². The van der Waals surface area contributed by atoms with E-state index < -0.39 is 0 Å². The van der Waals surface area contributed by atoms with Gasteiger partial charge in [0.1, 0.15) is 0 Å². The summed E-state index contributed by atoms with van der Waals surface area (Å²) in [5.41, 5.74) is 0. The minimum atomic E-state index is -0.0494. The third-order valence-corrected chi connectivity index (χ3v) is 4.75. The molecule has 1 N–H and O–H groups in total. The van der Waals surface area contributed by atoms with Crippen LogP contribution in [-0.2, 0) is 4.79 Å². The molecule has 2 nitrogen and oxygen atoms in total. The van der Waals surface area contributed by atoms with E-state index in [9.17, 15) is 4.79 Å². The largest absolute Gasteiger partial charge is 0.352 e. The summed E-state index contributed by atoms with van der Waals surface area (Å²) in [6.07, 6.45) is 4.96. The molecule has 88 valence electrons. The van der Waals surface area contributed by atoms with E-state index in [4.69, 9.17) is 0 Å². The minimum absolute atomic E-state index is 0.0494. The molecule has 1 rings (SSSR count). The Bertz CT molecular complexity index is 218. The molecule has 0 saturated heterocycles. The Balaban J connectivity index is 2.42. The Morgan fingerprint density at radius 2 is 1.93 bits per heavy atom. The highest BCUT2D eigenvalue weighted by Gasteiger charge is 2.26. The fourth-order valence-electron chi connectivity index (χ4n) is 2.10. The number of carbonyl (C=O) groups is 1. The zero-order valence-electron chi connectivity index (χ0n) is 9.92. The molecule has 15 heavy (non-hydrogen) atoms. The lowest BCUT2D eigenvalue weighted by Crippen LogP contribution is -2.45. The van der Waals surface area contributed by atoms with Crippen LogP contribution in [0, 0.1) is 11.8 Å². The van der Waals surface area contributed by atoms with Gasteiger partial charge in [0.15, 0.2) is 0 Å². The number of amides is 1. The normalized spacial score (nSPS) is 28.9. The molecule has 1 saturated carbocycles.